The molecular formula is C12H9N5OS. The quantitative estimate of drug-likeness (QED) is 0.764. The lowest BCUT2D eigenvalue weighted by Crippen LogP contribution is -2.11. The van der Waals surface area contributed by atoms with Crippen LogP contribution in [-0.4, -0.2) is 26.1 Å². The van der Waals surface area contributed by atoms with E-state index in [9.17, 15) is 4.79 Å². The van der Waals surface area contributed by atoms with Crippen molar-refractivity contribution in [2.75, 3.05) is 5.32 Å². The number of aromatic amines is 1. The number of carbonyl (C=O) groups excluding carboxylic acids is 1. The van der Waals surface area contributed by atoms with Crippen LogP contribution in [0.2, 0.25) is 0 Å². The molecule has 1 amide bonds. The van der Waals surface area contributed by atoms with Crippen molar-refractivity contribution < 1.29 is 4.79 Å². The number of nitrogens with one attached hydrogen (secondary N) is 2. The molecule has 2 N–H and O–H groups in total. The van der Waals surface area contributed by atoms with Crippen LogP contribution in [0.5, 0.6) is 0 Å². The van der Waals surface area contributed by atoms with E-state index in [-0.39, 0.29) is 5.91 Å². The van der Waals surface area contributed by atoms with E-state index in [0.717, 1.165) is 10.6 Å². The smallest absolute Gasteiger partial charge is 0.274 e. The first kappa shape index (κ1) is 11.5. The molecule has 0 aliphatic rings. The van der Waals surface area contributed by atoms with Crippen LogP contribution in [0.1, 0.15) is 10.5 Å². The van der Waals surface area contributed by atoms with Crippen LogP contribution < -0.4 is 5.32 Å². The van der Waals surface area contributed by atoms with Gasteiger partial charge < -0.3 is 5.32 Å². The maximum Gasteiger partial charge on any atom is 0.274 e. The highest BCUT2D eigenvalue weighted by Gasteiger charge is 2.10. The Hall–Kier alpha value is -2.54. The summed E-state index contributed by atoms with van der Waals surface area (Å²) in [6, 6.07) is 5.36. The first-order valence-electron chi connectivity index (χ1n) is 5.50. The van der Waals surface area contributed by atoms with Gasteiger partial charge in [-0.05, 0) is 18.2 Å². The van der Waals surface area contributed by atoms with E-state index < -0.39 is 0 Å². The van der Waals surface area contributed by atoms with Crippen molar-refractivity contribution >= 4 is 22.2 Å². The second-order valence-corrected chi connectivity index (χ2v) is 4.72. The molecule has 19 heavy (non-hydrogen) atoms. The van der Waals surface area contributed by atoms with Gasteiger partial charge in [-0.2, -0.15) is 5.10 Å². The molecule has 0 bridgehead atoms. The third-order valence-electron chi connectivity index (χ3n) is 2.42. The second-order valence-electron chi connectivity index (χ2n) is 3.69. The highest BCUT2D eigenvalue weighted by Crippen LogP contribution is 2.27. The van der Waals surface area contributed by atoms with E-state index in [1.807, 2.05) is 12.1 Å². The van der Waals surface area contributed by atoms with Crippen LogP contribution in [0.3, 0.4) is 0 Å². The van der Waals surface area contributed by atoms with E-state index in [1.165, 1.54) is 17.5 Å². The van der Waals surface area contributed by atoms with Crippen LogP contribution in [0.25, 0.3) is 10.6 Å². The van der Waals surface area contributed by atoms with Crippen molar-refractivity contribution in [2.24, 2.45) is 0 Å². The molecule has 0 spiro atoms. The predicted molar refractivity (Wildman–Crippen MR) is 71.9 cm³/mol. The molecule has 0 radical (unpaired) electrons. The monoisotopic (exact) mass is 271 g/mol. The Morgan fingerprint density at radius 3 is 2.79 bits per heavy atom. The van der Waals surface area contributed by atoms with Crippen LogP contribution in [0.4, 0.5) is 5.00 Å². The molecule has 0 saturated carbocycles. The summed E-state index contributed by atoms with van der Waals surface area (Å²) in [6.07, 6.45) is 6.58. The van der Waals surface area contributed by atoms with Crippen LogP contribution in [-0.2, 0) is 0 Å². The Kier molecular flexibility index (Phi) is 3.03. The molecular weight excluding hydrogens is 262 g/mol. The molecule has 94 valence electrons. The highest BCUT2D eigenvalue weighted by molar-refractivity contribution is 7.19. The molecule has 3 aromatic heterocycles. The minimum absolute atomic E-state index is 0.234. The zero-order valence-corrected chi connectivity index (χ0v) is 10.5. The summed E-state index contributed by atoms with van der Waals surface area (Å²) in [5.74, 6) is -0.234. The number of pyridine rings is 1. The van der Waals surface area contributed by atoms with Gasteiger partial charge in [0.15, 0.2) is 0 Å². The van der Waals surface area contributed by atoms with Crippen LogP contribution in [0.15, 0.2) is 43.0 Å². The molecule has 3 aromatic rings. The van der Waals surface area contributed by atoms with Gasteiger partial charge in [0.2, 0.25) is 0 Å². The van der Waals surface area contributed by atoms with Gasteiger partial charge in [0.05, 0.1) is 6.20 Å². The van der Waals surface area contributed by atoms with Gasteiger partial charge in [-0.15, -0.1) is 0 Å². The number of hydrogen-bond donors (Lipinski definition) is 2. The minimum atomic E-state index is -0.234. The van der Waals surface area contributed by atoms with Gasteiger partial charge in [-0.3, -0.25) is 14.9 Å². The number of carbonyl (C=O) groups is 1. The highest BCUT2D eigenvalue weighted by atomic mass is 32.1. The third kappa shape index (κ3) is 2.50. The van der Waals surface area contributed by atoms with Gasteiger partial charge in [0.25, 0.3) is 5.91 Å². The lowest BCUT2D eigenvalue weighted by Gasteiger charge is -1.98. The number of H-pyrrole nitrogens is 1. The summed E-state index contributed by atoms with van der Waals surface area (Å²) in [7, 11) is 0. The molecule has 0 aliphatic carbocycles. The van der Waals surface area contributed by atoms with E-state index >= 15 is 0 Å². The standard InChI is InChI=1S/C12H9N5OS/c18-11(9-3-6-15-17-9)16-10-7-14-12(19-10)8-1-4-13-5-2-8/h1-7H,(H,15,17)(H,16,18). The van der Waals surface area contributed by atoms with Crippen LogP contribution >= 0.6 is 11.3 Å². The maximum atomic E-state index is 11.8. The fourth-order valence-electron chi connectivity index (χ4n) is 1.52. The Morgan fingerprint density at radius 2 is 2.05 bits per heavy atom. The molecule has 7 heteroatoms. The van der Waals surface area contributed by atoms with Gasteiger partial charge in [0, 0.05) is 24.2 Å². The lowest BCUT2D eigenvalue weighted by molar-refractivity contribution is 0.102. The first-order valence-corrected chi connectivity index (χ1v) is 6.31. The number of nitrogens with zero attached hydrogens (tertiary/aromatic N) is 3. The summed E-state index contributed by atoms with van der Waals surface area (Å²) < 4.78 is 0. The van der Waals surface area contributed by atoms with Gasteiger partial charge in [0.1, 0.15) is 15.7 Å². The molecule has 0 saturated heterocycles. The Bertz CT molecular complexity index is 677. The molecule has 3 heterocycles. The molecule has 3 rings (SSSR count). The fraction of sp³-hybridized carbons (Fsp3) is 0. The zero-order chi connectivity index (χ0) is 13.1. The predicted octanol–water partition coefficient (Wildman–Crippen LogP) is 2.18. The molecule has 6 nitrogen and oxygen atoms in total. The lowest BCUT2D eigenvalue weighted by atomic mass is 10.3. The molecule has 0 atom stereocenters. The minimum Gasteiger partial charge on any atom is -0.311 e. The number of amides is 1. The molecule has 0 unspecified atom stereocenters. The zero-order valence-electron chi connectivity index (χ0n) is 9.70. The topological polar surface area (TPSA) is 83.6 Å². The molecule has 0 fully saturated rings. The number of aromatic nitrogens is 4. The summed E-state index contributed by atoms with van der Waals surface area (Å²) in [4.78, 5) is 20.0. The normalized spacial score (nSPS) is 10.3. The summed E-state index contributed by atoms with van der Waals surface area (Å²) >= 11 is 1.41. The largest absolute Gasteiger partial charge is 0.311 e. The molecule has 0 aliphatic heterocycles. The maximum absolute atomic E-state index is 11.8. The fourth-order valence-corrected chi connectivity index (χ4v) is 2.34. The Balaban J connectivity index is 1.77. The summed E-state index contributed by atoms with van der Waals surface area (Å²) in [6.45, 7) is 0. The van der Waals surface area contributed by atoms with Gasteiger partial charge >= 0.3 is 0 Å². The Morgan fingerprint density at radius 1 is 1.21 bits per heavy atom. The van der Waals surface area contributed by atoms with E-state index in [4.69, 9.17) is 0 Å². The number of rotatable bonds is 3. The van der Waals surface area contributed by atoms with Crippen molar-refractivity contribution in [1.29, 1.82) is 0 Å². The van der Waals surface area contributed by atoms with Crippen molar-refractivity contribution in [1.82, 2.24) is 20.2 Å². The van der Waals surface area contributed by atoms with Crippen LogP contribution in [0, 0.1) is 0 Å². The first-order chi connectivity index (χ1) is 9.33. The SMILES string of the molecule is O=C(Nc1cnc(-c2ccncc2)s1)c1ccn[nH]1. The van der Waals surface area contributed by atoms with Crippen molar-refractivity contribution in [3.8, 4) is 10.6 Å². The average Bonchev–Trinajstić information content (AvgIpc) is 3.11. The van der Waals surface area contributed by atoms with Gasteiger partial charge in [-0.1, -0.05) is 11.3 Å². The van der Waals surface area contributed by atoms with Crippen molar-refractivity contribution in [2.45, 2.75) is 0 Å². The van der Waals surface area contributed by atoms with Gasteiger partial charge in [-0.25, -0.2) is 4.98 Å². The number of thiazole rings is 1. The van der Waals surface area contributed by atoms with Crippen molar-refractivity contribution in [3.63, 3.8) is 0 Å². The average molecular weight is 271 g/mol. The summed E-state index contributed by atoms with van der Waals surface area (Å²) in [5, 5.41) is 10.6. The van der Waals surface area contributed by atoms with Crippen molar-refractivity contribution in [3.05, 3.63) is 48.7 Å². The number of hydrogen-bond acceptors (Lipinski definition) is 5. The summed E-state index contributed by atoms with van der Waals surface area (Å²) in [5.41, 5.74) is 1.39. The van der Waals surface area contributed by atoms with E-state index in [0.29, 0.717) is 10.7 Å². The second kappa shape index (κ2) is 4.99. The van der Waals surface area contributed by atoms with E-state index in [2.05, 4.69) is 25.5 Å². The third-order valence-corrected chi connectivity index (χ3v) is 3.38. The molecule has 0 aromatic carbocycles. The number of anilines is 1. The Labute approximate surface area is 112 Å². The van der Waals surface area contributed by atoms with E-state index in [1.54, 1.807) is 24.7 Å².